The van der Waals surface area contributed by atoms with E-state index in [0.29, 0.717) is 10.8 Å². The van der Waals surface area contributed by atoms with Crippen molar-refractivity contribution in [3.05, 3.63) is 40.5 Å². The Bertz CT molecular complexity index is 668. The number of nitrogens with zero attached hydrogens (tertiary/aromatic N) is 1. The van der Waals surface area contributed by atoms with Gasteiger partial charge in [0, 0.05) is 11.1 Å². The first-order valence-electron chi connectivity index (χ1n) is 5.45. The molecule has 2 rings (SSSR count). The van der Waals surface area contributed by atoms with Gasteiger partial charge in [0.2, 0.25) is 0 Å². The monoisotopic (exact) mass is 295 g/mol. The van der Waals surface area contributed by atoms with Crippen LogP contribution in [0.3, 0.4) is 0 Å². The summed E-state index contributed by atoms with van der Waals surface area (Å²) in [5.41, 5.74) is 0.139. The maximum absolute atomic E-state index is 12.0. The lowest BCUT2D eigenvalue weighted by atomic mass is 10.2. The number of carbonyl (C=O) groups excluding carboxylic acids is 1. The number of carboxylic acids is 1. The van der Waals surface area contributed by atoms with Crippen LogP contribution >= 0.6 is 11.6 Å². The Morgan fingerprint density at radius 2 is 2.15 bits per heavy atom. The zero-order valence-electron chi connectivity index (χ0n) is 10.3. The zero-order chi connectivity index (χ0) is 14.7. The Kier molecular flexibility index (Phi) is 3.90. The quantitative estimate of drug-likeness (QED) is 0.800. The molecule has 0 fully saturated rings. The van der Waals surface area contributed by atoms with Gasteiger partial charge in [-0.15, -0.1) is 0 Å². The number of amides is 1. The summed E-state index contributed by atoms with van der Waals surface area (Å²) < 4.78 is 5.06. The maximum atomic E-state index is 12.0. The summed E-state index contributed by atoms with van der Waals surface area (Å²) in [4.78, 5) is 22.7. The fourth-order valence-electron chi connectivity index (χ4n) is 1.53. The Labute approximate surface area is 118 Å². The van der Waals surface area contributed by atoms with Crippen molar-refractivity contribution in [2.24, 2.45) is 0 Å². The molecule has 0 unspecified atom stereocenters. The number of methoxy groups -OCH3 is 1. The van der Waals surface area contributed by atoms with Crippen LogP contribution in [-0.4, -0.2) is 34.3 Å². The van der Waals surface area contributed by atoms with E-state index in [1.807, 2.05) is 0 Å². The lowest BCUT2D eigenvalue weighted by Crippen LogP contribution is -2.13. The molecule has 7 nitrogen and oxygen atoms in total. The average molecular weight is 296 g/mol. The van der Waals surface area contributed by atoms with Gasteiger partial charge in [-0.3, -0.25) is 9.89 Å². The van der Waals surface area contributed by atoms with Gasteiger partial charge in [-0.05, 0) is 18.2 Å². The number of rotatable bonds is 4. The third kappa shape index (κ3) is 2.89. The normalized spacial score (nSPS) is 10.1. The Morgan fingerprint density at radius 3 is 2.75 bits per heavy atom. The molecule has 0 aliphatic rings. The number of carboxylic acid groups (broad SMARTS) is 1. The molecule has 0 bridgehead atoms. The van der Waals surface area contributed by atoms with Gasteiger partial charge in [0.25, 0.3) is 5.91 Å². The molecule has 1 aromatic carbocycles. The second kappa shape index (κ2) is 5.62. The number of aromatic nitrogens is 2. The Morgan fingerprint density at radius 1 is 1.40 bits per heavy atom. The molecule has 1 amide bonds. The summed E-state index contributed by atoms with van der Waals surface area (Å²) in [5.74, 6) is -1.24. The van der Waals surface area contributed by atoms with E-state index in [4.69, 9.17) is 21.4 Å². The molecule has 1 aromatic heterocycles. The number of aromatic amines is 1. The zero-order valence-corrected chi connectivity index (χ0v) is 11.1. The highest BCUT2D eigenvalue weighted by Gasteiger charge is 2.15. The minimum absolute atomic E-state index is 0.101. The molecule has 0 saturated heterocycles. The van der Waals surface area contributed by atoms with Gasteiger partial charge < -0.3 is 15.2 Å². The van der Waals surface area contributed by atoms with E-state index < -0.39 is 11.9 Å². The molecule has 0 atom stereocenters. The maximum Gasteiger partial charge on any atom is 0.353 e. The minimum atomic E-state index is -1.16. The van der Waals surface area contributed by atoms with Gasteiger partial charge in [0.15, 0.2) is 5.82 Å². The first-order chi connectivity index (χ1) is 9.51. The summed E-state index contributed by atoms with van der Waals surface area (Å²) in [7, 11) is 1.42. The summed E-state index contributed by atoms with van der Waals surface area (Å²) in [5, 5.41) is 17.6. The highest BCUT2D eigenvalue weighted by Crippen LogP contribution is 2.23. The van der Waals surface area contributed by atoms with E-state index in [-0.39, 0.29) is 17.1 Å². The highest BCUT2D eigenvalue weighted by molar-refractivity contribution is 6.31. The number of anilines is 1. The van der Waals surface area contributed by atoms with Crippen LogP contribution in [0.25, 0.3) is 0 Å². The fourth-order valence-corrected chi connectivity index (χ4v) is 1.69. The third-order valence-electron chi connectivity index (χ3n) is 2.46. The average Bonchev–Trinajstić information content (AvgIpc) is 2.87. The van der Waals surface area contributed by atoms with Gasteiger partial charge in [-0.1, -0.05) is 11.6 Å². The van der Waals surface area contributed by atoms with Crippen molar-refractivity contribution in [1.29, 1.82) is 0 Å². The predicted octanol–water partition coefficient (Wildman–Crippen LogP) is 2.02. The van der Waals surface area contributed by atoms with Crippen molar-refractivity contribution in [3.8, 4) is 5.75 Å². The number of H-pyrrole nitrogens is 1. The van der Waals surface area contributed by atoms with Crippen LogP contribution in [-0.2, 0) is 0 Å². The topological polar surface area (TPSA) is 104 Å². The number of nitrogens with one attached hydrogen (secondary N) is 2. The molecule has 104 valence electrons. The summed E-state index contributed by atoms with van der Waals surface area (Å²) in [6, 6.07) is 5.76. The molecule has 0 aliphatic heterocycles. The van der Waals surface area contributed by atoms with Crippen LogP contribution in [0.15, 0.2) is 24.3 Å². The SMILES string of the molecule is COc1cc(Cl)ccc1C(=O)Nc1cc(C(=O)O)[nH]n1. The lowest BCUT2D eigenvalue weighted by molar-refractivity contribution is 0.0690. The van der Waals surface area contributed by atoms with Crippen LogP contribution in [0.2, 0.25) is 5.02 Å². The van der Waals surface area contributed by atoms with Crippen LogP contribution < -0.4 is 10.1 Å². The van der Waals surface area contributed by atoms with Gasteiger partial charge in [0.05, 0.1) is 12.7 Å². The fraction of sp³-hybridized carbons (Fsp3) is 0.0833. The predicted molar refractivity (Wildman–Crippen MR) is 71.5 cm³/mol. The summed E-state index contributed by atoms with van der Waals surface area (Å²) in [6.07, 6.45) is 0. The third-order valence-corrected chi connectivity index (χ3v) is 2.69. The van der Waals surface area contributed by atoms with Crippen molar-refractivity contribution in [1.82, 2.24) is 10.2 Å². The number of aromatic carboxylic acids is 1. The number of carbonyl (C=O) groups is 2. The molecule has 1 heterocycles. The first kappa shape index (κ1) is 13.9. The van der Waals surface area contributed by atoms with Crippen molar-refractivity contribution in [2.45, 2.75) is 0 Å². The van der Waals surface area contributed by atoms with Crippen molar-refractivity contribution in [2.75, 3.05) is 12.4 Å². The van der Waals surface area contributed by atoms with Crippen LogP contribution in [0, 0.1) is 0 Å². The van der Waals surface area contributed by atoms with Crippen LogP contribution in [0.1, 0.15) is 20.8 Å². The van der Waals surface area contributed by atoms with E-state index >= 15 is 0 Å². The van der Waals surface area contributed by atoms with E-state index in [1.54, 1.807) is 6.07 Å². The number of hydrogen-bond acceptors (Lipinski definition) is 4. The number of ether oxygens (including phenoxy) is 1. The second-order valence-electron chi connectivity index (χ2n) is 3.77. The molecule has 0 saturated carbocycles. The smallest absolute Gasteiger partial charge is 0.353 e. The highest BCUT2D eigenvalue weighted by atomic mass is 35.5. The van der Waals surface area contributed by atoms with Crippen LogP contribution in [0.5, 0.6) is 5.75 Å². The summed E-state index contributed by atoms with van der Waals surface area (Å²) in [6.45, 7) is 0. The van der Waals surface area contributed by atoms with Gasteiger partial charge in [0.1, 0.15) is 11.4 Å². The standard InChI is InChI=1S/C12H10ClN3O4/c1-20-9-4-6(13)2-3-7(9)11(17)14-10-5-8(12(18)19)15-16-10/h2-5H,1H3,(H,18,19)(H2,14,15,16,17). The molecule has 2 aromatic rings. The molecule has 3 N–H and O–H groups in total. The van der Waals surface area contributed by atoms with E-state index in [2.05, 4.69) is 15.5 Å². The number of halogens is 1. The van der Waals surface area contributed by atoms with Crippen LogP contribution in [0.4, 0.5) is 5.82 Å². The van der Waals surface area contributed by atoms with E-state index in [1.165, 1.54) is 25.3 Å². The van der Waals surface area contributed by atoms with Gasteiger partial charge >= 0.3 is 5.97 Å². The summed E-state index contributed by atoms with van der Waals surface area (Å²) >= 11 is 5.80. The molecule has 0 radical (unpaired) electrons. The molecule has 8 heteroatoms. The van der Waals surface area contributed by atoms with Crippen molar-refractivity contribution < 1.29 is 19.4 Å². The molecule has 20 heavy (non-hydrogen) atoms. The Balaban J connectivity index is 2.21. The van der Waals surface area contributed by atoms with Gasteiger partial charge in [-0.2, -0.15) is 5.10 Å². The second-order valence-corrected chi connectivity index (χ2v) is 4.21. The minimum Gasteiger partial charge on any atom is -0.496 e. The van der Waals surface area contributed by atoms with E-state index in [9.17, 15) is 9.59 Å². The van der Waals surface area contributed by atoms with Gasteiger partial charge in [-0.25, -0.2) is 4.79 Å². The molecule has 0 aliphatic carbocycles. The molecular formula is C12H10ClN3O4. The van der Waals surface area contributed by atoms with Crippen molar-refractivity contribution >= 4 is 29.3 Å². The largest absolute Gasteiger partial charge is 0.496 e. The first-order valence-corrected chi connectivity index (χ1v) is 5.82. The molecular weight excluding hydrogens is 286 g/mol. The number of benzene rings is 1. The van der Waals surface area contributed by atoms with Crippen molar-refractivity contribution in [3.63, 3.8) is 0 Å². The Hall–Kier alpha value is -2.54. The molecule has 0 spiro atoms. The lowest BCUT2D eigenvalue weighted by Gasteiger charge is -2.08. The van der Waals surface area contributed by atoms with E-state index in [0.717, 1.165) is 0 Å². The number of hydrogen-bond donors (Lipinski definition) is 3.